The second-order valence-corrected chi connectivity index (χ2v) is 4.59. The van der Waals surface area contributed by atoms with Crippen LogP contribution in [0.1, 0.15) is 20.8 Å². The quantitative estimate of drug-likeness (QED) is 0.652. The lowest BCUT2D eigenvalue weighted by molar-refractivity contribution is -0.0494. The Bertz CT molecular complexity index is 411. The van der Waals surface area contributed by atoms with Gasteiger partial charge < -0.3 is 10.5 Å². The summed E-state index contributed by atoms with van der Waals surface area (Å²) >= 11 is 0. The molecule has 0 saturated heterocycles. The van der Waals surface area contributed by atoms with Gasteiger partial charge in [-0.3, -0.25) is 0 Å². The van der Waals surface area contributed by atoms with E-state index in [1.165, 1.54) is 6.07 Å². The molecule has 0 aliphatic heterocycles. The molecule has 0 fully saturated rings. The van der Waals surface area contributed by atoms with Crippen LogP contribution < -0.4 is 10.5 Å². The van der Waals surface area contributed by atoms with Gasteiger partial charge in [-0.2, -0.15) is 8.78 Å². The molecule has 2 N–H and O–H groups in total. The molecule has 1 aromatic carbocycles. The first-order valence-electron chi connectivity index (χ1n) is 5.19. The van der Waals surface area contributed by atoms with Crippen molar-refractivity contribution in [2.45, 2.75) is 27.4 Å². The van der Waals surface area contributed by atoms with E-state index in [0.717, 1.165) is 0 Å². The van der Waals surface area contributed by atoms with Gasteiger partial charge in [-0.15, -0.1) is 0 Å². The third-order valence-corrected chi connectivity index (χ3v) is 2.09. The van der Waals surface area contributed by atoms with Crippen LogP contribution in [0.4, 0.5) is 14.5 Å². The van der Waals surface area contributed by atoms with Gasteiger partial charge >= 0.3 is 6.61 Å². The Morgan fingerprint density at radius 3 is 2.41 bits per heavy atom. The molecule has 0 aromatic heterocycles. The average molecular weight is 242 g/mol. The summed E-state index contributed by atoms with van der Waals surface area (Å²) in [6, 6.07) is 6.30. The fourth-order valence-corrected chi connectivity index (χ4v) is 1.04. The van der Waals surface area contributed by atoms with E-state index in [4.69, 9.17) is 5.73 Å². The number of ether oxygens (including phenoxy) is 1. The van der Waals surface area contributed by atoms with Crippen molar-refractivity contribution in [1.29, 1.82) is 0 Å². The lowest BCUT2D eigenvalue weighted by atomic mass is 9.95. The highest BCUT2D eigenvalue weighted by atomic mass is 19.3. The molecule has 94 valence electrons. The topological polar surface area (TPSA) is 47.6 Å². The van der Waals surface area contributed by atoms with Crippen molar-refractivity contribution in [3.05, 3.63) is 24.3 Å². The van der Waals surface area contributed by atoms with E-state index in [-0.39, 0.29) is 11.2 Å². The predicted octanol–water partition coefficient (Wildman–Crippen LogP) is 3.32. The summed E-state index contributed by atoms with van der Waals surface area (Å²) < 4.78 is 28.7. The maximum Gasteiger partial charge on any atom is 0.387 e. The predicted molar refractivity (Wildman–Crippen MR) is 63.8 cm³/mol. The summed E-state index contributed by atoms with van der Waals surface area (Å²) in [4.78, 5) is 4.12. The van der Waals surface area contributed by atoms with E-state index in [1.807, 2.05) is 20.8 Å². The van der Waals surface area contributed by atoms with Gasteiger partial charge in [-0.05, 0) is 12.1 Å². The van der Waals surface area contributed by atoms with Crippen molar-refractivity contribution in [1.82, 2.24) is 0 Å². The fourth-order valence-electron chi connectivity index (χ4n) is 1.04. The highest BCUT2D eigenvalue weighted by Gasteiger charge is 2.17. The molecule has 0 unspecified atom stereocenters. The summed E-state index contributed by atoms with van der Waals surface area (Å²) in [5.41, 5.74) is 5.77. The van der Waals surface area contributed by atoms with Crippen LogP contribution >= 0.6 is 0 Å². The molecule has 1 rings (SSSR count). The van der Waals surface area contributed by atoms with Gasteiger partial charge in [-0.1, -0.05) is 32.9 Å². The first kappa shape index (κ1) is 13.4. The second-order valence-electron chi connectivity index (χ2n) is 4.59. The zero-order valence-corrected chi connectivity index (χ0v) is 10.1. The summed E-state index contributed by atoms with van der Waals surface area (Å²) in [5, 5.41) is 0. The summed E-state index contributed by atoms with van der Waals surface area (Å²) in [6.07, 6.45) is 0. The van der Waals surface area contributed by atoms with Crippen LogP contribution in [0, 0.1) is 5.41 Å². The minimum absolute atomic E-state index is 0.0229. The minimum atomic E-state index is -2.87. The molecule has 17 heavy (non-hydrogen) atoms. The number of nitrogens with two attached hydrogens (primary N) is 1. The van der Waals surface area contributed by atoms with E-state index in [9.17, 15) is 8.78 Å². The highest BCUT2D eigenvalue weighted by molar-refractivity contribution is 5.88. The third-order valence-electron chi connectivity index (χ3n) is 2.09. The van der Waals surface area contributed by atoms with Gasteiger partial charge in [0.2, 0.25) is 0 Å². The average Bonchev–Trinajstić information content (AvgIpc) is 2.18. The number of amidine groups is 1. The van der Waals surface area contributed by atoms with Crippen LogP contribution in [0.5, 0.6) is 5.75 Å². The van der Waals surface area contributed by atoms with Crippen LogP contribution in [-0.4, -0.2) is 12.4 Å². The molecule has 0 bridgehead atoms. The number of hydrogen-bond donors (Lipinski definition) is 1. The summed E-state index contributed by atoms with van der Waals surface area (Å²) in [7, 11) is 0. The number of benzene rings is 1. The van der Waals surface area contributed by atoms with Gasteiger partial charge in [0.05, 0.1) is 0 Å². The molecule has 0 atom stereocenters. The molecule has 0 saturated carbocycles. The van der Waals surface area contributed by atoms with E-state index in [2.05, 4.69) is 9.73 Å². The number of para-hydroxylation sites is 2. The van der Waals surface area contributed by atoms with Crippen molar-refractivity contribution in [3.63, 3.8) is 0 Å². The number of halogens is 2. The SMILES string of the molecule is CC(C)(C)C(N)=Nc1ccccc1OC(F)F. The standard InChI is InChI=1S/C12H16F2N2O/c1-12(2,3)10(15)16-8-6-4-5-7-9(8)17-11(13)14/h4-7,11H,1-3H3,(H2,15,16). The van der Waals surface area contributed by atoms with E-state index >= 15 is 0 Å². The van der Waals surface area contributed by atoms with Gasteiger partial charge in [0.1, 0.15) is 11.5 Å². The zero-order chi connectivity index (χ0) is 13.1. The van der Waals surface area contributed by atoms with Crippen LogP contribution in [0.2, 0.25) is 0 Å². The smallest absolute Gasteiger partial charge is 0.387 e. The fraction of sp³-hybridized carbons (Fsp3) is 0.417. The number of rotatable bonds is 3. The van der Waals surface area contributed by atoms with E-state index in [0.29, 0.717) is 11.5 Å². The third kappa shape index (κ3) is 4.01. The Kier molecular flexibility index (Phi) is 4.04. The van der Waals surface area contributed by atoms with Gasteiger partial charge in [0.25, 0.3) is 0 Å². The van der Waals surface area contributed by atoms with Gasteiger partial charge in [0.15, 0.2) is 5.75 Å². The molecule has 1 aromatic rings. The van der Waals surface area contributed by atoms with Gasteiger partial charge in [-0.25, -0.2) is 4.99 Å². The maximum absolute atomic E-state index is 12.2. The molecule has 5 heteroatoms. The highest BCUT2D eigenvalue weighted by Crippen LogP contribution is 2.29. The minimum Gasteiger partial charge on any atom is -0.433 e. The molecule has 0 amide bonds. The summed E-state index contributed by atoms with van der Waals surface area (Å²) in [6.45, 7) is 2.80. The number of nitrogens with zero attached hydrogens (tertiary/aromatic N) is 1. The first-order chi connectivity index (χ1) is 7.80. The Labute approximate surface area is 99.3 Å². The van der Waals surface area contributed by atoms with Crippen molar-refractivity contribution in [2.24, 2.45) is 16.1 Å². The monoisotopic (exact) mass is 242 g/mol. The largest absolute Gasteiger partial charge is 0.433 e. The normalized spacial score (nSPS) is 12.9. The Morgan fingerprint density at radius 2 is 1.88 bits per heavy atom. The number of hydrogen-bond acceptors (Lipinski definition) is 2. The number of alkyl halides is 2. The van der Waals surface area contributed by atoms with Crippen molar-refractivity contribution in [3.8, 4) is 5.75 Å². The molecule has 0 radical (unpaired) electrons. The second kappa shape index (κ2) is 5.12. The van der Waals surface area contributed by atoms with Gasteiger partial charge in [0, 0.05) is 5.41 Å². The lowest BCUT2D eigenvalue weighted by Gasteiger charge is -2.17. The van der Waals surface area contributed by atoms with Crippen LogP contribution in [-0.2, 0) is 0 Å². The molecular weight excluding hydrogens is 226 g/mol. The molecule has 3 nitrogen and oxygen atoms in total. The van der Waals surface area contributed by atoms with Crippen molar-refractivity contribution >= 4 is 11.5 Å². The molecule has 0 aliphatic rings. The zero-order valence-electron chi connectivity index (χ0n) is 10.1. The number of aliphatic imine (C=N–C) groups is 1. The molecular formula is C12H16F2N2O. The van der Waals surface area contributed by atoms with Crippen LogP contribution in [0.3, 0.4) is 0 Å². The van der Waals surface area contributed by atoms with Crippen molar-refractivity contribution < 1.29 is 13.5 Å². The Hall–Kier alpha value is -1.65. The summed E-state index contributed by atoms with van der Waals surface area (Å²) in [5.74, 6) is 0.387. The molecule has 0 spiro atoms. The van der Waals surface area contributed by atoms with Crippen molar-refractivity contribution in [2.75, 3.05) is 0 Å². The lowest BCUT2D eigenvalue weighted by Crippen LogP contribution is -2.28. The maximum atomic E-state index is 12.2. The van der Waals surface area contributed by atoms with Crippen LogP contribution in [0.25, 0.3) is 0 Å². The Balaban J connectivity index is 3.06. The van der Waals surface area contributed by atoms with Crippen LogP contribution in [0.15, 0.2) is 29.3 Å². The van der Waals surface area contributed by atoms with E-state index in [1.54, 1.807) is 18.2 Å². The Morgan fingerprint density at radius 1 is 1.29 bits per heavy atom. The first-order valence-corrected chi connectivity index (χ1v) is 5.19. The van der Waals surface area contributed by atoms with E-state index < -0.39 is 6.61 Å². The molecule has 0 heterocycles. The molecule has 0 aliphatic carbocycles.